The molecule has 2 aliphatic heterocycles. The first-order valence-electron chi connectivity index (χ1n) is 8.96. The van der Waals surface area contributed by atoms with Crippen molar-refractivity contribution in [1.82, 2.24) is 9.88 Å². The van der Waals surface area contributed by atoms with E-state index in [-0.39, 0.29) is 6.54 Å². The van der Waals surface area contributed by atoms with Crippen molar-refractivity contribution in [3.05, 3.63) is 22.9 Å². The standard InChI is InChI=1S/C18H27F2N3O2/c1-24-18(25-2)16-14(10-13-4-3-7-21-17(13)22-16)12-5-8-23(9-6-12)11-15(19)20/h10,12,15,18H,3-9,11H2,1-2H3,(H,21,22). The third-order valence-corrected chi connectivity index (χ3v) is 5.15. The third-order valence-electron chi connectivity index (χ3n) is 5.15. The number of nitrogens with zero attached hydrogens (tertiary/aromatic N) is 2. The van der Waals surface area contributed by atoms with Crippen molar-refractivity contribution in [2.75, 3.05) is 45.7 Å². The van der Waals surface area contributed by atoms with E-state index in [9.17, 15) is 8.78 Å². The van der Waals surface area contributed by atoms with Gasteiger partial charge in [0.05, 0.1) is 6.54 Å². The number of hydrogen-bond donors (Lipinski definition) is 1. The van der Waals surface area contributed by atoms with Gasteiger partial charge >= 0.3 is 0 Å². The monoisotopic (exact) mass is 355 g/mol. The molecule has 0 aromatic carbocycles. The number of pyridine rings is 1. The van der Waals surface area contributed by atoms with E-state index in [1.165, 1.54) is 5.56 Å². The molecular formula is C18H27F2N3O2. The number of halogens is 2. The van der Waals surface area contributed by atoms with Crippen molar-refractivity contribution >= 4 is 5.82 Å². The number of rotatable bonds is 6. The largest absolute Gasteiger partial charge is 0.370 e. The minimum atomic E-state index is -2.27. The Balaban J connectivity index is 1.84. The molecule has 1 aromatic heterocycles. The summed E-state index contributed by atoms with van der Waals surface area (Å²) in [5.74, 6) is 1.22. The Kier molecular flexibility index (Phi) is 6.19. The summed E-state index contributed by atoms with van der Waals surface area (Å²) >= 11 is 0. The highest BCUT2D eigenvalue weighted by molar-refractivity contribution is 5.50. The minimum Gasteiger partial charge on any atom is -0.370 e. The Morgan fingerprint density at radius 1 is 1.28 bits per heavy atom. The second-order valence-electron chi connectivity index (χ2n) is 6.77. The molecule has 1 saturated heterocycles. The van der Waals surface area contributed by atoms with Crippen molar-refractivity contribution in [3.63, 3.8) is 0 Å². The maximum Gasteiger partial charge on any atom is 0.251 e. The molecule has 0 bridgehead atoms. The smallest absolute Gasteiger partial charge is 0.251 e. The lowest BCUT2D eigenvalue weighted by Gasteiger charge is -2.34. The number of likely N-dealkylation sites (tertiary alicyclic amines) is 1. The molecule has 0 saturated carbocycles. The normalized spacial score (nSPS) is 19.3. The summed E-state index contributed by atoms with van der Waals surface area (Å²) in [6.45, 7) is 2.17. The summed E-state index contributed by atoms with van der Waals surface area (Å²) in [5, 5.41) is 3.35. The van der Waals surface area contributed by atoms with Crippen molar-refractivity contribution in [2.24, 2.45) is 0 Å². The predicted molar refractivity (Wildman–Crippen MR) is 92.2 cm³/mol. The van der Waals surface area contributed by atoms with Crippen LogP contribution in [0.4, 0.5) is 14.6 Å². The van der Waals surface area contributed by atoms with Gasteiger partial charge in [0.15, 0.2) is 0 Å². The number of aryl methyl sites for hydroxylation is 1. The van der Waals surface area contributed by atoms with Crippen molar-refractivity contribution < 1.29 is 18.3 Å². The highest BCUT2D eigenvalue weighted by atomic mass is 19.3. The topological polar surface area (TPSA) is 46.6 Å². The summed E-state index contributed by atoms with van der Waals surface area (Å²) in [5.41, 5.74) is 3.18. The van der Waals surface area contributed by atoms with Gasteiger partial charge in [0.25, 0.3) is 6.43 Å². The molecule has 0 atom stereocenters. The summed E-state index contributed by atoms with van der Waals surface area (Å²) in [6, 6.07) is 2.22. The van der Waals surface area contributed by atoms with Gasteiger partial charge in [-0.3, -0.25) is 4.90 Å². The lowest BCUT2D eigenvalue weighted by molar-refractivity contribution is -0.109. The molecule has 140 valence electrons. The summed E-state index contributed by atoms with van der Waals surface area (Å²) in [7, 11) is 3.22. The summed E-state index contributed by atoms with van der Waals surface area (Å²) in [4.78, 5) is 6.65. The maximum atomic E-state index is 12.6. The molecule has 1 fully saturated rings. The van der Waals surface area contributed by atoms with E-state index in [1.807, 2.05) is 4.90 Å². The Hall–Kier alpha value is -1.31. The zero-order valence-corrected chi connectivity index (χ0v) is 14.9. The molecule has 3 rings (SSSR count). The quantitative estimate of drug-likeness (QED) is 0.794. The fourth-order valence-electron chi connectivity index (χ4n) is 3.87. The number of fused-ring (bicyclic) bond motifs is 1. The van der Waals surface area contributed by atoms with E-state index in [1.54, 1.807) is 14.2 Å². The Morgan fingerprint density at radius 2 is 2.00 bits per heavy atom. The number of anilines is 1. The van der Waals surface area contributed by atoms with Crippen molar-refractivity contribution in [3.8, 4) is 0 Å². The SMILES string of the molecule is COC(OC)c1nc2c(cc1C1CCN(CC(F)F)CC1)CCCN2. The van der Waals surface area contributed by atoms with Crippen LogP contribution in [0.5, 0.6) is 0 Å². The third kappa shape index (κ3) is 4.27. The average molecular weight is 355 g/mol. The van der Waals surface area contributed by atoms with Gasteiger partial charge < -0.3 is 14.8 Å². The van der Waals surface area contributed by atoms with Gasteiger partial charge in [0, 0.05) is 20.8 Å². The van der Waals surface area contributed by atoms with E-state index in [4.69, 9.17) is 14.5 Å². The number of nitrogens with one attached hydrogen (secondary N) is 1. The Labute approximate surface area is 147 Å². The molecule has 0 aliphatic carbocycles. The van der Waals surface area contributed by atoms with Crippen LogP contribution in [-0.4, -0.2) is 56.7 Å². The van der Waals surface area contributed by atoms with Crippen molar-refractivity contribution in [2.45, 2.75) is 44.3 Å². The van der Waals surface area contributed by atoms with Crippen LogP contribution in [0.2, 0.25) is 0 Å². The maximum absolute atomic E-state index is 12.6. The number of alkyl halides is 2. The second kappa shape index (κ2) is 8.38. The van der Waals surface area contributed by atoms with Gasteiger partial charge in [0.1, 0.15) is 11.5 Å². The van der Waals surface area contributed by atoms with Crippen LogP contribution in [0.25, 0.3) is 0 Å². The van der Waals surface area contributed by atoms with Gasteiger partial charge in [-0.05, 0) is 61.9 Å². The minimum absolute atomic E-state index is 0.134. The van der Waals surface area contributed by atoms with E-state index >= 15 is 0 Å². The van der Waals surface area contributed by atoms with Crippen LogP contribution in [0.1, 0.15) is 48.3 Å². The van der Waals surface area contributed by atoms with E-state index in [2.05, 4.69) is 11.4 Å². The fraction of sp³-hybridized carbons (Fsp3) is 0.722. The van der Waals surface area contributed by atoms with Crippen LogP contribution in [0.3, 0.4) is 0 Å². The van der Waals surface area contributed by atoms with Crippen LogP contribution >= 0.6 is 0 Å². The van der Waals surface area contributed by atoms with Crippen LogP contribution in [0, 0.1) is 0 Å². The molecule has 5 nitrogen and oxygen atoms in total. The molecular weight excluding hydrogens is 328 g/mol. The molecule has 0 spiro atoms. The predicted octanol–water partition coefficient (Wildman–Crippen LogP) is 3.18. The molecule has 0 amide bonds. The second-order valence-corrected chi connectivity index (χ2v) is 6.77. The molecule has 7 heteroatoms. The lowest BCUT2D eigenvalue weighted by Crippen LogP contribution is -2.36. The highest BCUT2D eigenvalue weighted by Gasteiger charge is 2.29. The van der Waals surface area contributed by atoms with Crippen molar-refractivity contribution in [1.29, 1.82) is 0 Å². The molecule has 0 radical (unpaired) electrons. The summed E-state index contributed by atoms with van der Waals surface area (Å²) < 4.78 is 36.1. The Morgan fingerprint density at radius 3 is 2.64 bits per heavy atom. The Bertz CT molecular complexity index is 574. The van der Waals surface area contributed by atoms with Gasteiger partial charge in [-0.2, -0.15) is 0 Å². The first-order chi connectivity index (χ1) is 12.1. The van der Waals surface area contributed by atoms with Gasteiger partial charge in [-0.15, -0.1) is 0 Å². The number of hydrogen-bond acceptors (Lipinski definition) is 5. The lowest BCUT2D eigenvalue weighted by atomic mass is 9.86. The van der Waals surface area contributed by atoms with Crippen LogP contribution in [0.15, 0.2) is 6.07 Å². The molecule has 1 N–H and O–H groups in total. The van der Waals surface area contributed by atoms with Crippen LogP contribution in [-0.2, 0) is 15.9 Å². The molecule has 1 aromatic rings. The first kappa shape index (κ1) is 18.5. The first-order valence-corrected chi connectivity index (χ1v) is 8.96. The fourth-order valence-corrected chi connectivity index (χ4v) is 3.87. The van der Waals surface area contributed by atoms with Gasteiger partial charge in [-0.25, -0.2) is 13.8 Å². The number of ether oxygens (including phenoxy) is 2. The molecule has 0 unspecified atom stereocenters. The molecule has 2 aliphatic rings. The molecule has 25 heavy (non-hydrogen) atoms. The van der Waals surface area contributed by atoms with Gasteiger partial charge in [0.2, 0.25) is 6.29 Å². The van der Waals surface area contributed by atoms with E-state index < -0.39 is 12.7 Å². The zero-order valence-electron chi connectivity index (χ0n) is 14.9. The molecule has 3 heterocycles. The van der Waals surface area contributed by atoms with Crippen LogP contribution < -0.4 is 5.32 Å². The number of piperidine rings is 1. The van der Waals surface area contributed by atoms with E-state index in [0.29, 0.717) is 19.0 Å². The number of methoxy groups -OCH3 is 2. The van der Waals surface area contributed by atoms with Gasteiger partial charge in [-0.1, -0.05) is 0 Å². The highest BCUT2D eigenvalue weighted by Crippen LogP contribution is 2.36. The number of aromatic nitrogens is 1. The van der Waals surface area contributed by atoms with E-state index in [0.717, 1.165) is 49.3 Å². The zero-order chi connectivity index (χ0) is 17.8. The summed E-state index contributed by atoms with van der Waals surface area (Å²) in [6.07, 6.45) is 1.04. The average Bonchev–Trinajstić information content (AvgIpc) is 2.62.